The van der Waals surface area contributed by atoms with Gasteiger partial charge in [0.1, 0.15) is 5.65 Å². The van der Waals surface area contributed by atoms with E-state index in [9.17, 15) is 0 Å². The van der Waals surface area contributed by atoms with Crippen molar-refractivity contribution >= 4 is 16.7 Å². The van der Waals surface area contributed by atoms with Gasteiger partial charge in [0.05, 0.1) is 11.6 Å². The number of fused-ring (bicyclic) bond motifs is 4. The Kier molecular flexibility index (Phi) is 3.43. The molecule has 1 aromatic carbocycles. The standard InChI is InChI=1S/C23H27N3/c1-16-10-5-6-12-19(16)26-17(2)21-20(23(26)13-7-4-8-14-23)18-11-9-15-24-22(18)25(21)3/h5-6,9-12,15,17H,4,7-8,13-14H2,1-3H3. The molecule has 1 saturated carbocycles. The lowest BCUT2D eigenvalue weighted by Crippen LogP contribution is -2.44. The van der Waals surface area contributed by atoms with E-state index in [1.165, 1.54) is 54.4 Å². The topological polar surface area (TPSA) is 21.1 Å². The molecule has 1 unspecified atom stereocenters. The maximum Gasteiger partial charge on any atom is 0.140 e. The van der Waals surface area contributed by atoms with Crippen LogP contribution in [0.2, 0.25) is 0 Å². The number of para-hydroxylation sites is 1. The maximum atomic E-state index is 4.72. The number of hydrogen-bond donors (Lipinski definition) is 0. The van der Waals surface area contributed by atoms with Crippen LogP contribution >= 0.6 is 0 Å². The first-order chi connectivity index (χ1) is 12.6. The average molecular weight is 345 g/mol. The number of aromatic nitrogens is 2. The van der Waals surface area contributed by atoms with Gasteiger partial charge in [-0.15, -0.1) is 0 Å². The highest BCUT2D eigenvalue weighted by Crippen LogP contribution is 2.57. The Morgan fingerprint density at radius 1 is 1.04 bits per heavy atom. The summed E-state index contributed by atoms with van der Waals surface area (Å²) in [7, 11) is 2.20. The summed E-state index contributed by atoms with van der Waals surface area (Å²) in [6.07, 6.45) is 8.39. The fraction of sp³-hybridized carbons (Fsp3) is 0.435. The molecule has 0 saturated heterocycles. The summed E-state index contributed by atoms with van der Waals surface area (Å²) in [6.45, 7) is 4.63. The molecule has 1 spiro atoms. The van der Waals surface area contributed by atoms with E-state index in [0.29, 0.717) is 6.04 Å². The minimum atomic E-state index is 0.113. The van der Waals surface area contributed by atoms with Crippen molar-refractivity contribution in [2.75, 3.05) is 4.90 Å². The molecule has 3 aromatic rings. The van der Waals surface area contributed by atoms with Crippen molar-refractivity contribution in [3.63, 3.8) is 0 Å². The molecule has 134 valence electrons. The highest BCUT2D eigenvalue weighted by atomic mass is 15.3. The first-order valence-electron chi connectivity index (χ1n) is 9.94. The minimum absolute atomic E-state index is 0.113. The van der Waals surface area contributed by atoms with Gasteiger partial charge in [-0.2, -0.15) is 0 Å². The Morgan fingerprint density at radius 3 is 2.58 bits per heavy atom. The van der Waals surface area contributed by atoms with E-state index in [0.717, 1.165) is 5.65 Å². The van der Waals surface area contributed by atoms with Crippen LogP contribution in [0.1, 0.15) is 61.9 Å². The van der Waals surface area contributed by atoms with E-state index in [2.05, 4.69) is 66.8 Å². The van der Waals surface area contributed by atoms with E-state index in [1.807, 2.05) is 6.20 Å². The van der Waals surface area contributed by atoms with Gasteiger partial charge in [0.2, 0.25) is 0 Å². The first kappa shape index (κ1) is 15.9. The highest BCUT2D eigenvalue weighted by molar-refractivity contribution is 5.87. The van der Waals surface area contributed by atoms with Gasteiger partial charge >= 0.3 is 0 Å². The molecular formula is C23H27N3. The molecule has 3 heteroatoms. The van der Waals surface area contributed by atoms with Gasteiger partial charge in [-0.05, 0) is 50.5 Å². The molecule has 0 amide bonds. The van der Waals surface area contributed by atoms with Crippen molar-refractivity contribution in [1.82, 2.24) is 9.55 Å². The van der Waals surface area contributed by atoms with Gasteiger partial charge in [0, 0.05) is 35.6 Å². The van der Waals surface area contributed by atoms with Crippen molar-refractivity contribution in [1.29, 1.82) is 0 Å². The molecule has 1 atom stereocenters. The molecule has 0 radical (unpaired) electrons. The number of rotatable bonds is 1. The lowest BCUT2D eigenvalue weighted by molar-refractivity contribution is 0.285. The predicted molar refractivity (Wildman–Crippen MR) is 108 cm³/mol. The van der Waals surface area contributed by atoms with Crippen LogP contribution in [0.15, 0.2) is 42.6 Å². The van der Waals surface area contributed by atoms with Gasteiger partial charge in [-0.25, -0.2) is 4.98 Å². The maximum absolute atomic E-state index is 4.72. The third-order valence-electron chi connectivity index (χ3n) is 6.76. The highest BCUT2D eigenvalue weighted by Gasteiger charge is 2.52. The molecule has 1 aliphatic heterocycles. The Labute approximate surface area is 155 Å². The summed E-state index contributed by atoms with van der Waals surface area (Å²) in [6, 6.07) is 13.7. The molecule has 5 rings (SSSR count). The molecule has 1 aliphatic carbocycles. The summed E-state index contributed by atoms with van der Waals surface area (Å²) < 4.78 is 2.35. The molecule has 3 nitrogen and oxygen atoms in total. The molecule has 2 aromatic heterocycles. The molecule has 0 bridgehead atoms. The van der Waals surface area contributed by atoms with E-state index >= 15 is 0 Å². The quantitative estimate of drug-likeness (QED) is 0.570. The molecule has 1 fully saturated rings. The van der Waals surface area contributed by atoms with Crippen LogP contribution in [0.5, 0.6) is 0 Å². The van der Waals surface area contributed by atoms with E-state index in [-0.39, 0.29) is 5.54 Å². The number of aryl methyl sites for hydroxylation is 2. The van der Waals surface area contributed by atoms with Crippen molar-refractivity contribution in [3.05, 3.63) is 59.4 Å². The third kappa shape index (κ3) is 1.92. The number of benzene rings is 1. The second-order valence-corrected chi connectivity index (χ2v) is 8.12. The second kappa shape index (κ2) is 5.60. The van der Waals surface area contributed by atoms with Crippen LogP contribution in [0.25, 0.3) is 11.0 Å². The van der Waals surface area contributed by atoms with Crippen molar-refractivity contribution in [2.45, 2.75) is 57.5 Å². The summed E-state index contributed by atoms with van der Waals surface area (Å²) >= 11 is 0. The Bertz CT molecular complexity index is 978. The zero-order valence-corrected chi connectivity index (χ0v) is 16.0. The first-order valence-corrected chi connectivity index (χ1v) is 9.94. The Morgan fingerprint density at radius 2 is 1.81 bits per heavy atom. The molecule has 0 N–H and O–H groups in total. The lowest BCUT2D eigenvalue weighted by atomic mass is 9.76. The molecule has 2 aliphatic rings. The largest absolute Gasteiger partial charge is 0.353 e. The van der Waals surface area contributed by atoms with Gasteiger partial charge in [0.15, 0.2) is 0 Å². The number of nitrogens with zero attached hydrogens (tertiary/aromatic N) is 3. The summed E-state index contributed by atoms with van der Waals surface area (Å²) in [5.74, 6) is 0. The average Bonchev–Trinajstić information content (AvgIpc) is 3.09. The third-order valence-corrected chi connectivity index (χ3v) is 6.76. The van der Waals surface area contributed by atoms with Gasteiger partial charge in [-0.1, -0.05) is 37.5 Å². The van der Waals surface area contributed by atoms with E-state index < -0.39 is 0 Å². The summed E-state index contributed by atoms with van der Waals surface area (Å²) in [5, 5.41) is 1.36. The van der Waals surface area contributed by atoms with E-state index in [1.54, 1.807) is 5.56 Å². The Hall–Kier alpha value is -2.29. The van der Waals surface area contributed by atoms with Crippen molar-refractivity contribution in [3.8, 4) is 0 Å². The van der Waals surface area contributed by atoms with Crippen LogP contribution in [0.4, 0.5) is 5.69 Å². The van der Waals surface area contributed by atoms with Crippen LogP contribution < -0.4 is 4.90 Å². The number of hydrogen-bond acceptors (Lipinski definition) is 2. The van der Waals surface area contributed by atoms with Gasteiger partial charge in [0.25, 0.3) is 0 Å². The zero-order chi connectivity index (χ0) is 17.9. The molecule has 26 heavy (non-hydrogen) atoms. The molecular weight excluding hydrogens is 318 g/mol. The zero-order valence-electron chi connectivity index (χ0n) is 16.0. The van der Waals surface area contributed by atoms with Gasteiger partial charge in [-0.3, -0.25) is 0 Å². The van der Waals surface area contributed by atoms with Crippen molar-refractivity contribution in [2.24, 2.45) is 7.05 Å². The van der Waals surface area contributed by atoms with Crippen LogP contribution in [-0.4, -0.2) is 9.55 Å². The minimum Gasteiger partial charge on any atom is -0.353 e. The summed E-state index contributed by atoms with van der Waals surface area (Å²) in [5.41, 5.74) is 7.04. The van der Waals surface area contributed by atoms with Gasteiger partial charge < -0.3 is 9.47 Å². The van der Waals surface area contributed by atoms with Crippen molar-refractivity contribution < 1.29 is 0 Å². The Balaban J connectivity index is 1.83. The SMILES string of the molecule is Cc1ccccc1N1C(C)c2c(c3cccnc3n2C)C12CCCCC2. The molecule has 3 heterocycles. The lowest BCUT2D eigenvalue weighted by Gasteiger charge is -2.46. The summed E-state index contributed by atoms with van der Waals surface area (Å²) in [4.78, 5) is 7.46. The van der Waals surface area contributed by atoms with Crippen LogP contribution in [-0.2, 0) is 12.6 Å². The number of pyridine rings is 1. The second-order valence-electron chi connectivity index (χ2n) is 8.12. The predicted octanol–water partition coefficient (Wildman–Crippen LogP) is 5.62. The number of anilines is 1. The monoisotopic (exact) mass is 345 g/mol. The van der Waals surface area contributed by atoms with Crippen LogP contribution in [0, 0.1) is 6.92 Å². The fourth-order valence-corrected chi connectivity index (χ4v) is 5.77. The smallest absolute Gasteiger partial charge is 0.140 e. The fourth-order valence-electron chi connectivity index (χ4n) is 5.77. The normalized spacial score (nSPS) is 21.5. The van der Waals surface area contributed by atoms with Crippen LogP contribution in [0.3, 0.4) is 0 Å². The van der Waals surface area contributed by atoms with E-state index in [4.69, 9.17) is 4.98 Å².